The van der Waals surface area contributed by atoms with E-state index in [0.29, 0.717) is 22.9 Å². The number of rotatable bonds is 6. The van der Waals surface area contributed by atoms with Crippen LogP contribution in [0, 0.1) is 12.7 Å². The fourth-order valence-corrected chi connectivity index (χ4v) is 4.55. The molecule has 4 aromatic rings. The number of nitrogens with zero attached hydrogens (tertiary/aromatic N) is 6. The average Bonchev–Trinajstić information content (AvgIpc) is 3.50. The first-order valence-electron chi connectivity index (χ1n) is 11.4. The van der Waals surface area contributed by atoms with Gasteiger partial charge in [-0.25, -0.2) is 18.7 Å². The van der Waals surface area contributed by atoms with Gasteiger partial charge < -0.3 is 20.1 Å². The molecule has 1 fully saturated rings. The van der Waals surface area contributed by atoms with Gasteiger partial charge in [0.05, 0.1) is 23.0 Å². The highest BCUT2D eigenvalue weighted by molar-refractivity contribution is 6.30. The predicted molar refractivity (Wildman–Crippen MR) is 127 cm³/mol. The molecule has 1 aliphatic rings. The number of aromatic nitrogens is 6. The van der Waals surface area contributed by atoms with E-state index in [1.165, 1.54) is 23.0 Å². The Bertz CT molecular complexity index is 1350. The van der Waals surface area contributed by atoms with Crippen LogP contribution in [0.3, 0.4) is 0 Å². The quantitative estimate of drug-likeness (QED) is 0.357. The Morgan fingerprint density at radius 2 is 1.89 bits per heavy atom. The van der Waals surface area contributed by atoms with E-state index in [4.69, 9.17) is 16.3 Å². The van der Waals surface area contributed by atoms with Crippen molar-refractivity contribution in [3.05, 3.63) is 77.2 Å². The number of hydrogen-bond acceptors (Lipinski definition) is 8. The number of aryl methyl sites for hydroxylation is 1. The van der Waals surface area contributed by atoms with Crippen molar-refractivity contribution in [2.75, 3.05) is 6.61 Å². The van der Waals surface area contributed by atoms with Crippen LogP contribution >= 0.6 is 11.6 Å². The van der Waals surface area contributed by atoms with Crippen LogP contribution in [0.25, 0.3) is 16.9 Å². The molecule has 3 heterocycles. The van der Waals surface area contributed by atoms with Gasteiger partial charge >= 0.3 is 0 Å². The maximum atomic E-state index is 14.0. The standard InChI is InChI=1S/C24H24ClFN6O4/c1-13-27-24(32(29-13)15-5-3-2-4-6-15)23-22(35)20(21(34)19(36-23)9-10-33)31-12-18(28-30-31)14-7-8-16(25)17(26)11-14/h2-8,11-12,19-23,33-35H,9-10H2,1H3/t19-,20+,21+,22-,23-/m1/s1. The van der Waals surface area contributed by atoms with E-state index in [1.54, 1.807) is 17.7 Å². The van der Waals surface area contributed by atoms with Gasteiger partial charge in [0.25, 0.3) is 0 Å². The van der Waals surface area contributed by atoms with Crippen LogP contribution < -0.4 is 0 Å². The van der Waals surface area contributed by atoms with Crippen molar-refractivity contribution >= 4 is 11.6 Å². The Hall–Kier alpha value is -3.22. The number of benzene rings is 2. The maximum absolute atomic E-state index is 14.0. The lowest BCUT2D eigenvalue weighted by atomic mass is 9.90. The second kappa shape index (κ2) is 10.0. The first-order valence-corrected chi connectivity index (χ1v) is 11.7. The molecule has 0 aliphatic carbocycles. The number of hydrogen-bond donors (Lipinski definition) is 3. The minimum Gasteiger partial charge on any atom is -0.396 e. The van der Waals surface area contributed by atoms with Gasteiger partial charge in [0.15, 0.2) is 5.82 Å². The first kappa shape index (κ1) is 24.5. The van der Waals surface area contributed by atoms with Crippen molar-refractivity contribution in [3.63, 3.8) is 0 Å². The fraction of sp³-hybridized carbons (Fsp3) is 0.333. The fourth-order valence-electron chi connectivity index (χ4n) is 4.43. The van der Waals surface area contributed by atoms with Crippen LogP contribution in [0.15, 0.2) is 54.7 Å². The largest absolute Gasteiger partial charge is 0.396 e. The van der Waals surface area contributed by atoms with Crippen LogP contribution in [0.2, 0.25) is 5.02 Å². The molecule has 0 radical (unpaired) electrons. The smallest absolute Gasteiger partial charge is 0.164 e. The molecule has 1 aliphatic heterocycles. The third-order valence-corrected chi connectivity index (χ3v) is 6.46. The Balaban J connectivity index is 1.53. The monoisotopic (exact) mass is 514 g/mol. The molecule has 0 amide bonds. The van der Waals surface area contributed by atoms with Crippen LogP contribution in [0.4, 0.5) is 4.39 Å². The van der Waals surface area contributed by atoms with Crippen LogP contribution in [0.5, 0.6) is 0 Å². The average molecular weight is 515 g/mol. The summed E-state index contributed by atoms with van der Waals surface area (Å²) in [5.74, 6) is 0.207. The predicted octanol–water partition coefficient (Wildman–Crippen LogP) is 2.41. The highest BCUT2D eigenvalue weighted by Crippen LogP contribution is 2.39. The number of aliphatic hydroxyl groups is 3. The van der Waals surface area contributed by atoms with Gasteiger partial charge in [-0.1, -0.05) is 41.1 Å². The summed E-state index contributed by atoms with van der Waals surface area (Å²) < 4.78 is 23.0. The Morgan fingerprint density at radius 3 is 2.61 bits per heavy atom. The zero-order valence-corrected chi connectivity index (χ0v) is 19.9. The molecule has 0 spiro atoms. The van der Waals surface area contributed by atoms with E-state index in [9.17, 15) is 19.7 Å². The molecule has 1 saturated heterocycles. The maximum Gasteiger partial charge on any atom is 0.164 e. The summed E-state index contributed by atoms with van der Waals surface area (Å²) in [4.78, 5) is 4.50. The number of aliphatic hydroxyl groups excluding tert-OH is 3. The van der Waals surface area contributed by atoms with E-state index in [0.717, 1.165) is 5.69 Å². The van der Waals surface area contributed by atoms with Gasteiger partial charge in [-0.05, 0) is 37.6 Å². The Kier molecular flexibility index (Phi) is 6.82. The molecule has 5 atom stereocenters. The van der Waals surface area contributed by atoms with Crippen LogP contribution in [-0.2, 0) is 4.74 Å². The minimum atomic E-state index is -1.31. The summed E-state index contributed by atoms with van der Waals surface area (Å²) in [6.07, 6.45) is -2.76. The van der Waals surface area contributed by atoms with Crippen LogP contribution in [-0.4, -0.2) is 70.0 Å². The Morgan fingerprint density at radius 1 is 1.11 bits per heavy atom. The summed E-state index contributed by atoms with van der Waals surface area (Å²) in [6.45, 7) is 1.49. The molecule has 0 saturated carbocycles. The summed E-state index contributed by atoms with van der Waals surface area (Å²) in [6, 6.07) is 12.5. The Labute approximate surface area is 210 Å². The highest BCUT2D eigenvalue weighted by atomic mass is 35.5. The molecule has 10 nitrogen and oxygen atoms in total. The normalized spacial score (nSPS) is 24.2. The van der Waals surface area contributed by atoms with Gasteiger partial charge in [0, 0.05) is 12.2 Å². The van der Waals surface area contributed by atoms with Gasteiger partial charge in [0.2, 0.25) is 0 Å². The molecule has 2 aromatic carbocycles. The third kappa shape index (κ3) is 4.51. The molecular weight excluding hydrogens is 491 g/mol. The van der Waals surface area contributed by atoms with Crippen molar-refractivity contribution < 1.29 is 24.4 Å². The van der Waals surface area contributed by atoms with E-state index in [-0.39, 0.29) is 18.1 Å². The molecule has 188 valence electrons. The van der Waals surface area contributed by atoms with Crippen molar-refractivity contribution in [1.29, 1.82) is 0 Å². The highest BCUT2D eigenvalue weighted by Gasteiger charge is 2.48. The van der Waals surface area contributed by atoms with Crippen LogP contribution in [0.1, 0.15) is 30.2 Å². The molecule has 3 N–H and O–H groups in total. The zero-order chi connectivity index (χ0) is 25.4. The molecule has 0 bridgehead atoms. The zero-order valence-electron chi connectivity index (χ0n) is 19.2. The lowest BCUT2D eigenvalue weighted by molar-refractivity contribution is -0.205. The van der Waals surface area contributed by atoms with Gasteiger partial charge in [-0.2, -0.15) is 5.10 Å². The van der Waals surface area contributed by atoms with Crippen molar-refractivity contribution in [3.8, 4) is 16.9 Å². The van der Waals surface area contributed by atoms with Crippen molar-refractivity contribution in [2.45, 2.75) is 43.8 Å². The molecule has 12 heteroatoms. The van der Waals surface area contributed by atoms with E-state index < -0.39 is 36.3 Å². The van der Waals surface area contributed by atoms with Crippen molar-refractivity contribution in [2.24, 2.45) is 0 Å². The second-order valence-electron chi connectivity index (χ2n) is 8.56. The SMILES string of the molecule is Cc1nc([C@@H]2O[C@H](CCO)[C@H](O)[C@H](n3cc(-c4ccc(Cl)c(F)c4)nn3)[C@H]2O)n(-c2ccccc2)n1. The van der Waals surface area contributed by atoms with Gasteiger partial charge in [-0.15, -0.1) is 5.10 Å². The summed E-state index contributed by atoms with van der Waals surface area (Å²) in [5, 5.41) is 44.8. The molecule has 5 rings (SSSR count). The molecule has 0 unspecified atom stereocenters. The summed E-state index contributed by atoms with van der Waals surface area (Å²) in [7, 11) is 0. The summed E-state index contributed by atoms with van der Waals surface area (Å²) >= 11 is 5.78. The van der Waals surface area contributed by atoms with E-state index >= 15 is 0 Å². The topological polar surface area (TPSA) is 131 Å². The second-order valence-corrected chi connectivity index (χ2v) is 8.96. The summed E-state index contributed by atoms with van der Waals surface area (Å²) in [5.41, 5.74) is 1.48. The molecular formula is C24H24ClFN6O4. The van der Waals surface area contributed by atoms with Gasteiger partial charge in [-0.3, -0.25) is 0 Å². The van der Waals surface area contributed by atoms with Crippen molar-refractivity contribution in [1.82, 2.24) is 29.8 Å². The van der Waals surface area contributed by atoms with E-state index in [1.807, 2.05) is 30.3 Å². The first-order chi connectivity index (χ1) is 17.4. The lowest BCUT2D eigenvalue weighted by Crippen LogP contribution is -2.52. The minimum absolute atomic E-state index is 0.0195. The number of halogens is 2. The lowest BCUT2D eigenvalue weighted by Gasteiger charge is -2.42. The molecule has 36 heavy (non-hydrogen) atoms. The van der Waals surface area contributed by atoms with E-state index in [2.05, 4.69) is 20.4 Å². The van der Waals surface area contributed by atoms with Gasteiger partial charge in [0.1, 0.15) is 41.7 Å². The number of ether oxygens (including phenoxy) is 1. The third-order valence-electron chi connectivity index (χ3n) is 6.15. The number of para-hydroxylation sites is 1. The molecule has 2 aromatic heterocycles.